The van der Waals surface area contributed by atoms with Gasteiger partial charge >= 0.3 is 0 Å². The summed E-state index contributed by atoms with van der Waals surface area (Å²) in [5, 5.41) is 6.68. The highest BCUT2D eigenvalue weighted by Crippen LogP contribution is 2.23. The zero-order chi connectivity index (χ0) is 22.9. The second-order valence-corrected chi connectivity index (χ2v) is 8.31. The molecule has 0 amide bonds. The van der Waals surface area contributed by atoms with Gasteiger partial charge in [-0.15, -0.1) is 24.0 Å². The van der Waals surface area contributed by atoms with E-state index in [0.717, 1.165) is 60.5 Å². The summed E-state index contributed by atoms with van der Waals surface area (Å²) in [6, 6.07) is 16.5. The van der Waals surface area contributed by atoms with Crippen molar-refractivity contribution in [3.63, 3.8) is 0 Å². The van der Waals surface area contributed by atoms with Crippen LogP contribution in [-0.4, -0.2) is 42.3 Å². The number of imidazole rings is 1. The molecule has 182 valence electrons. The Morgan fingerprint density at radius 2 is 2.06 bits per heavy atom. The van der Waals surface area contributed by atoms with Crippen molar-refractivity contribution in [1.29, 1.82) is 0 Å². The minimum Gasteiger partial charge on any atom is -0.493 e. The molecule has 1 aromatic heterocycles. The molecule has 2 aromatic carbocycles. The minimum absolute atomic E-state index is 0. The van der Waals surface area contributed by atoms with E-state index >= 15 is 0 Å². The number of aromatic amines is 1. The molecule has 3 aromatic rings. The molecule has 1 saturated heterocycles. The average Bonchev–Trinajstić information content (AvgIpc) is 3.53. The van der Waals surface area contributed by atoms with Crippen molar-refractivity contribution in [3.05, 3.63) is 71.7 Å². The molecule has 1 fully saturated rings. The summed E-state index contributed by atoms with van der Waals surface area (Å²) >= 11 is 0. The number of halogens is 1. The summed E-state index contributed by atoms with van der Waals surface area (Å²) in [7, 11) is 0. The number of ether oxygens (including phenoxy) is 2. The lowest BCUT2D eigenvalue weighted by atomic mass is 10.1. The molecule has 7 nitrogen and oxygen atoms in total. The van der Waals surface area contributed by atoms with Crippen molar-refractivity contribution < 1.29 is 9.47 Å². The van der Waals surface area contributed by atoms with Crippen LogP contribution in [0.15, 0.2) is 59.7 Å². The maximum absolute atomic E-state index is 6.16. The van der Waals surface area contributed by atoms with E-state index < -0.39 is 0 Å². The number of aryl methyl sites for hydroxylation is 1. The van der Waals surface area contributed by atoms with Gasteiger partial charge in [0.1, 0.15) is 11.6 Å². The molecular formula is C26H34IN5O2. The molecule has 8 heteroatoms. The molecule has 2 heterocycles. The Balaban J connectivity index is 0.00000324. The van der Waals surface area contributed by atoms with Crippen LogP contribution in [-0.2, 0) is 17.8 Å². The summed E-state index contributed by atoms with van der Waals surface area (Å²) in [5.74, 6) is 2.97. The molecule has 0 aliphatic carbocycles. The smallest absolute Gasteiger partial charge is 0.191 e. The number of nitrogens with zero attached hydrogens (tertiary/aromatic N) is 2. The van der Waals surface area contributed by atoms with E-state index in [-0.39, 0.29) is 24.0 Å². The molecule has 0 spiro atoms. The fraction of sp³-hybridized carbons (Fsp3) is 0.385. The molecule has 1 aliphatic heterocycles. The first kappa shape index (κ1) is 26.0. The van der Waals surface area contributed by atoms with Crippen LogP contribution in [0.2, 0.25) is 0 Å². The molecule has 0 saturated carbocycles. The predicted octanol–water partition coefficient (Wildman–Crippen LogP) is 4.67. The number of H-pyrrole nitrogens is 1. The third kappa shape index (κ3) is 7.46. The molecule has 34 heavy (non-hydrogen) atoms. The van der Waals surface area contributed by atoms with Crippen molar-refractivity contribution in [2.24, 2.45) is 10.9 Å². The molecule has 1 unspecified atom stereocenters. The fourth-order valence-corrected chi connectivity index (χ4v) is 3.74. The zero-order valence-corrected chi connectivity index (χ0v) is 22.2. The second-order valence-electron chi connectivity index (χ2n) is 8.31. The van der Waals surface area contributed by atoms with E-state index in [1.165, 1.54) is 5.56 Å². The minimum atomic E-state index is 0. The quantitative estimate of drug-likeness (QED) is 0.196. The predicted molar refractivity (Wildman–Crippen MR) is 147 cm³/mol. The van der Waals surface area contributed by atoms with Gasteiger partial charge < -0.3 is 25.1 Å². The van der Waals surface area contributed by atoms with Gasteiger partial charge in [0.15, 0.2) is 5.96 Å². The lowest BCUT2D eigenvalue weighted by molar-refractivity contribution is 0.166. The lowest BCUT2D eigenvalue weighted by Crippen LogP contribution is -2.37. The number of hydrogen-bond acceptors (Lipinski definition) is 4. The Morgan fingerprint density at radius 1 is 1.21 bits per heavy atom. The third-order valence-electron chi connectivity index (χ3n) is 5.61. The van der Waals surface area contributed by atoms with E-state index in [2.05, 4.69) is 64.8 Å². The fourth-order valence-electron chi connectivity index (χ4n) is 3.74. The van der Waals surface area contributed by atoms with Crippen LogP contribution in [0.3, 0.4) is 0 Å². The summed E-state index contributed by atoms with van der Waals surface area (Å²) < 4.78 is 11.6. The first-order valence-corrected chi connectivity index (χ1v) is 11.6. The molecule has 4 rings (SSSR count). The summed E-state index contributed by atoms with van der Waals surface area (Å²) in [5.41, 5.74) is 4.37. The van der Waals surface area contributed by atoms with Crippen molar-refractivity contribution >= 4 is 29.9 Å². The highest BCUT2D eigenvalue weighted by molar-refractivity contribution is 14.0. The first-order valence-electron chi connectivity index (χ1n) is 11.6. The lowest BCUT2D eigenvalue weighted by Gasteiger charge is -2.15. The van der Waals surface area contributed by atoms with Gasteiger partial charge in [-0.3, -0.25) is 0 Å². The number of benzene rings is 2. The Bertz CT molecular complexity index is 1050. The van der Waals surface area contributed by atoms with E-state index in [9.17, 15) is 0 Å². The number of aromatic nitrogens is 2. The van der Waals surface area contributed by atoms with Crippen molar-refractivity contribution in [2.75, 3.05) is 26.4 Å². The Hall–Kier alpha value is -2.59. The number of hydrogen-bond donors (Lipinski definition) is 3. The number of nitrogens with one attached hydrogen (secondary N) is 3. The molecule has 0 bridgehead atoms. The van der Waals surface area contributed by atoms with Gasteiger partial charge in [-0.25, -0.2) is 9.98 Å². The van der Waals surface area contributed by atoms with Gasteiger partial charge in [0, 0.05) is 24.6 Å². The van der Waals surface area contributed by atoms with Gasteiger partial charge in [-0.1, -0.05) is 42.5 Å². The van der Waals surface area contributed by atoms with Crippen LogP contribution in [0.5, 0.6) is 5.75 Å². The Morgan fingerprint density at radius 3 is 2.82 bits per heavy atom. The molecule has 0 radical (unpaired) electrons. The van der Waals surface area contributed by atoms with E-state index in [1.54, 1.807) is 0 Å². The van der Waals surface area contributed by atoms with Crippen LogP contribution in [0.25, 0.3) is 11.3 Å². The maximum atomic E-state index is 6.16. The molecule has 3 N–H and O–H groups in total. The van der Waals surface area contributed by atoms with Crippen LogP contribution >= 0.6 is 24.0 Å². The SMILES string of the molecule is CCNC(=NCc1ccc(C)cc1OCC1CCOC1)NCc1ncc(-c2ccccc2)[nH]1.I. The monoisotopic (exact) mass is 575 g/mol. The van der Waals surface area contributed by atoms with Crippen LogP contribution < -0.4 is 15.4 Å². The summed E-state index contributed by atoms with van der Waals surface area (Å²) in [4.78, 5) is 12.7. The zero-order valence-electron chi connectivity index (χ0n) is 19.8. The van der Waals surface area contributed by atoms with Gasteiger partial charge in [0.05, 0.1) is 38.2 Å². The van der Waals surface area contributed by atoms with Gasteiger partial charge in [-0.2, -0.15) is 0 Å². The Kier molecular flexibility index (Phi) is 10.2. The molecular weight excluding hydrogens is 541 g/mol. The summed E-state index contributed by atoms with van der Waals surface area (Å²) in [6.45, 7) is 8.29. The normalized spacial score (nSPS) is 15.6. The average molecular weight is 575 g/mol. The number of rotatable bonds is 9. The topological polar surface area (TPSA) is 83.6 Å². The largest absolute Gasteiger partial charge is 0.493 e. The number of aliphatic imine (C=N–C) groups is 1. The highest BCUT2D eigenvalue weighted by atomic mass is 127. The van der Waals surface area contributed by atoms with Crippen LogP contribution in [0, 0.1) is 12.8 Å². The molecule has 1 aliphatic rings. The van der Waals surface area contributed by atoms with Gasteiger partial charge in [0.25, 0.3) is 0 Å². The van der Waals surface area contributed by atoms with Crippen LogP contribution in [0.4, 0.5) is 0 Å². The van der Waals surface area contributed by atoms with Crippen molar-refractivity contribution in [2.45, 2.75) is 33.4 Å². The highest BCUT2D eigenvalue weighted by Gasteiger charge is 2.17. The Labute approximate surface area is 218 Å². The maximum Gasteiger partial charge on any atom is 0.191 e. The van der Waals surface area contributed by atoms with E-state index in [0.29, 0.717) is 25.6 Å². The second kappa shape index (κ2) is 13.3. The number of guanidine groups is 1. The standard InChI is InChI=1S/C26H33N5O2.HI/c1-3-27-26(30-16-25-28-15-23(31-25)21-7-5-4-6-8-21)29-14-22-10-9-19(2)13-24(22)33-18-20-11-12-32-17-20;/h4-10,13,15,20H,3,11-12,14,16-18H2,1-2H3,(H,28,31)(H2,27,29,30);1H. The van der Waals surface area contributed by atoms with Crippen molar-refractivity contribution in [3.8, 4) is 17.0 Å². The summed E-state index contributed by atoms with van der Waals surface area (Å²) in [6.07, 6.45) is 2.92. The van der Waals surface area contributed by atoms with E-state index in [4.69, 9.17) is 14.5 Å². The van der Waals surface area contributed by atoms with Crippen molar-refractivity contribution in [1.82, 2.24) is 20.6 Å². The van der Waals surface area contributed by atoms with E-state index in [1.807, 2.05) is 24.4 Å². The van der Waals surface area contributed by atoms with Gasteiger partial charge in [-0.05, 0) is 37.5 Å². The molecule has 1 atom stereocenters. The van der Waals surface area contributed by atoms with Crippen LogP contribution in [0.1, 0.15) is 30.3 Å². The first-order chi connectivity index (χ1) is 16.2. The van der Waals surface area contributed by atoms with Gasteiger partial charge in [0.2, 0.25) is 0 Å². The third-order valence-corrected chi connectivity index (χ3v) is 5.61.